The second-order valence-corrected chi connectivity index (χ2v) is 7.86. The molecular weight excluding hydrogens is 378 g/mol. The minimum Gasteiger partial charge on any atom is -0.378 e. The van der Waals surface area contributed by atoms with Crippen LogP contribution in [0.25, 0.3) is 0 Å². The van der Waals surface area contributed by atoms with Crippen LogP contribution < -0.4 is 5.32 Å². The molecule has 1 aromatic rings. The van der Waals surface area contributed by atoms with E-state index in [0.29, 0.717) is 38.9 Å². The van der Waals surface area contributed by atoms with E-state index in [1.54, 1.807) is 0 Å². The lowest BCUT2D eigenvalue weighted by atomic mass is 9.94. The van der Waals surface area contributed by atoms with Gasteiger partial charge in [-0.1, -0.05) is 30.3 Å². The zero-order chi connectivity index (χ0) is 18.6. The average molecular weight is 408 g/mol. The fourth-order valence-corrected chi connectivity index (χ4v) is 4.08. The van der Waals surface area contributed by atoms with Crippen LogP contribution in [0, 0.1) is 5.92 Å². The third-order valence-corrected chi connectivity index (χ3v) is 5.84. The summed E-state index contributed by atoms with van der Waals surface area (Å²) in [5.74, 6) is 0.422. The summed E-state index contributed by atoms with van der Waals surface area (Å²) in [5.41, 5.74) is 1.19. The maximum atomic E-state index is 13.2. The third kappa shape index (κ3) is 5.04. The van der Waals surface area contributed by atoms with Crippen molar-refractivity contribution in [1.82, 2.24) is 15.1 Å². The highest BCUT2D eigenvalue weighted by molar-refractivity contribution is 5.85. The summed E-state index contributed by atoms with van der Waals surface area (Å²) in [6.07, 6.45) is 3.75. The van der Waals surface area contributed by atoms with Crippen LogP contribution in [0.3, 0.4) is 0 Å². The monoisotopic (exact) mass is 407 g/mol. The Labute approximate surface area is 173 Å². The first-order valence-electron chi connectivity index (χ1n) is 10.2. The van der Waals surface area contributed by atoms with Crippen LogP contribution in [0.2, 0.25) is 0 Å². The molecule has 0 bridgehead atoms. The molecule has 2 saturated heterocycles. The number of carbonyl (C=O) groups is 2. The normalized spacial score (nSPS) is 23.0. The molecule has 1 atom stereocenters. The number of rotatable bonds is 5. The first kappa shape index (κ1) is 21.1. The molecule has 0 spiro atoms. The second kappa shape index (κ2) is 9.72. The Morgan fingerprint density at radius 1 is 1.11 bits per heavy atom. The molecule has 6 nitrogen and oxygen atoms in total. The molecule has 3 aliphatic rings. The number of likely N-dealkylation sites (tertiary alicyclic amines) is 1. The van der Waals surface area contributed by atoms with E-state index < -0.39 is 0 Å². The van der Waals surface area contributed by atoms with Crippen LogP contribution in [0.5, 0.6) is 0 Å². The Morgan fingerprint density at radius 3 is 2.43 bits per heavy atom. The number of benzene rings is 1. The van der Waals surface area contributed by atoms with Gasteiger partial charge in [0.1, 0.15) is 6.04 Å². The van der Waals surface area contributed by atoms with Crippen LogP contribution in [0.4, 0.5) is 0 Å². The molecule has 154 valence electrons. The Bertz CT molecular complexity index is 654. The van der Waals surface area contributed by atoms with Gasteiger partial charge in [-0.25, -0.2) is 0 Å². The van der Waals surface area contributed by atoms with E-state index >= 15 is 0 Å². The predicted molar refractivity (Wildman–Crippen MR) is 109 cm³/mol. The molecule has 1 saturated carbocycles. The van der Waals surface area contributed by atoms with E-state index in [1.807, 2.05) is 23.1 Å². The van der Waals surface area contributed by atoms with Gasteiger partial charge < -0.3 is 19.9 Å². The summed E-state index contributed by atoms with van der Waals surface area (Å²) in [6.45, 7) is 3.87. The number of piperidine rings is 1. The number of nitrogens with zero attached hydrogens (tertiary/aromatic N) is 2. The zero-order valence-electron chi connectivity index (χ0n) is 16.2. The molecule has 3 fully saturated rings. The van der Waals surface area contributed by atoms with Crippen molar-refractivity contribution < 1.29 is 14.3 Å². The van der Waals surface area contributed by atoms with E-state index in [9.17, 15) is 9.59 Å². The first-order chi connectivity index (χ1) is 13.2. The highest BCUT2D eigenvalue weighted by Gasteiger charge is 2.38. The number of hydrogen-bond acceptors (Lipinski definition) is 4. The molecular formula is C21H30ClN3O3. The maximum Gasteiger partial charge on any atom is 0.242 e. The van der Waals surface area contributed by atoms with Crippen LogP contribution in [-0.2, 0) is 20.9 Å². The SMILES string of the molecule is Cl.O=C(C1COCCN1)N1CCC(C(=O)N(Cc2ccccc2)C2CC2)CC1. The van der Waals surface area contributed by atoms with Crippen molar-refractivity contribution in [3.63, 3.8) is 0 Å². The van der Waals surface area contributed by atoms with Gasteiger partial charge in [-0.2, -0.15) is 0 Å². The van der Waals surface area contributed by atoms with Crippen molar-refractivity contribution in [2.75, 3.05) is 32.8 Å². The van der Waals surface area contributed by atoms with Gasteiger partial charge in [0.15, 0.2) is 0 Å². The molecule has 4 rings (SSSR count). The number of morpholine rings is 1. The topological polar surface area (TPSA) is 61.9 Å². The molecule has 1 unspecified atom stereocenters. The van der Waals surface area contributed by atoms with Gasteiger partial charge >= 0.3 is 0 Å². The molecule has 1 aliphatic carbocycles. The van der Waals surface area contributed by atoms with Crippen molar-refractivity contribution in [3.8, 4) is 0 Å². The molecule has 1 aromatic carbocycles. The molecule has 7 heteroatoms. The minimum absolute atomic E-state index is 0. The molecule has 2 amide bonds. The summed E-state index contributed by atoms with van der Waals surface area (Å²) >= 11 is 0. The van der Waals surface area contributed by atoms with Crippen LogP contribution in [-0.4, -0.2) is 66.5 Å². The van der Waals surface area contributed by atoms with Gasteiger partial charge in [0, 0.05) is 38.1 Å². The van der Waals surface area contributed by atoms with E-state index in [-0.39, 0.29) is 36.2 Å². The molecule has 2 aliphatic heterocycles. The van der Waals surface area contributed by atoms with Crippen molar-refractivity contribution in [1.29, 1.82) is 0 Å². The van der Waals surface area contributed by atoms with Crippen LogP contribution in [0.15, 0.2) is 30.3 Å². The van der Waals surface area contributed by atoms with Gasteiger partial charge in [-0.05, 0) is 31.2 Å². The Kier molecular flexibility index (Phi) is 7.32. The Hall–Kier alpha value is -1.63. The summed E-state index contributed by atoms with van der Waals surface area (Å²) in [5, 5.41) is 3.23. The smallest absolute Gasteiger partial charge is 0.242 e. The number of carbonyl (C=O) groups excluding carboxylic acids is 2. The van der Waals surface area contributed by atoms with E-state index in [1.165, 1.54) is 5.56 Å². The zero-order valence-corrected chi connectivity index (χ0v) is 17.0. The number of halogens is 1. The minimum atomic E-state index is -0.230. The second-order valence-electron chi connectivity index (χ2n) is 7.86. The highest BCUT2D eigenvalue weighted by Crippen LogP contribution is 2.32. The van der Waals surface area contributed by atoms with Gasteiger partial charge in [0.25, 0.3) is 0 Å². The van der Waals surface area contributed by atoms with E-state index in [4.69, 9.17) is 4.74 Å². The summed E-state index contributed by atoms with van der Waals surface area (Å²) in [4.78, 5) is 29.7. The summed E-state index contributed by atoms with van der Waals surface area (Å²) in [6, 6.07) is 10.4. The van der Waals surface area contributed by atoms with Gasteiger partial charge in [0.2, 0.25) is 11.8 Å². The predicted octanol–water partition coefficient (Wildman–Crippen LogP) is 1.83. The molecule has 0 radical (unpaired) electrons. The fraction of sp³-hybridized carbons (Fsp3) is 0.619. The molecule has 2 heterocycles. The largest absolute Gasteiger partial charge is 0.378 e. The lowest BCUT2D eigenvalue weighted by molar-refractivity contribution is -0.143. The first-order valence-corrected chi connectivity index (χ1v) is 10.2. The Balaban J connectivity index is 0.00000225. The van der Waals surface area contributed by atoms with Gasteiger partial charge in [-0.15, -0.1) is 12.4 Å². The van der Waals surface area contributed by atoms with Crippen molar-refractivity contribution >= 4 is 24.2 Å². The van der Waals surface area contributed by atoms with E-state index in [0.717, 1.165) is 32.2 Å². The quantitative estimate of drug-likeness (QED) is 0.808. The summed E-state index contributed by atoms with van der Waals surface area (Å²) in [7, 11) is 0. The number of ether oxygens (including phenoxy) is 1. The fourth-order valence-electron chi connectivity index (χ4n) is 4.08. The molecule has 1 N–H and O–H groups in total. The standard InChI is InChI=1S/C21H29N3O3.ClH/c25-20(24(18-6-7-18)14-16-4-2-1-3-5-16)17-8-11-23(12-9-17)21(26)19-15-27-13-10-22-19;/h1-5,17-19,22H,6-15H2;1H. The lowest BCUT2D eigenvalue weighted by Gasteiger charge is -2.36. The number of nitrogens with one attached hydrogen (secondary N) is 1. The van der Waals surface area contributed by atoms with Crippen molar-refractivity contribution in [2.24, 2.45) is 5.92 Å². The highest BCUT2D eigenvalue weighted by atomic mass is 35.5. The van der Waals surface area contributed by atoms with Crippen molar-refractivity contribution in [3.05, 3.63) is 35.9 Å². The number of amides is 2. The van der Waals surface area contributed by atoms with Gasteiger partial charge in [0.05, 0.1) is 13.2 Å². The number of hydrogen-bond donors (Lipinski definition) is 1. The van der Waals surface area contributed by atoms with E-state index in [2.05, 4.69) is 22.3 Å². The van der Waals surface area contributed by atoms with Gasteiger partial charge in [-0.3, -0.25) is 9.59 Å². The third-order valence-electron chi connectivity index (χ3n) is 5.84. The molecule has 28 heavy (non-hydrogen) atoms. The lowest BCUT2D eigenvalue weighted by Crippen LogP contribution is -2.54. The van der Waals surface area contributed by atoms with Crippen molar-refractivity contribution in [2.45, 2.75) is 44.3 Å². The van der Waals surface area contributed by atoms with Crippen LogP contribution >= 0.6 is 12.4 Å². The molecule has 0 aromatic heterocycles. The maximum absolute atomic E-state index is 13.2. The summed E-state index contributed by atoms with van der Waals surface area (Å²) < 4.78 is 5.40. The average Bonchev–Trinajstić information content (AvgIpc) is 3.58. The van der Waals surface area contributed by atoms with Crippen LogP contribution in [0.1, 0.15) is 31.2 Å². The Morgan fingerprint density at radius 2 is 1.82 bits per heavy atom.